The molecule has 0 saturated heterocycles. The molecule has 0 unspecified atom stereocenters. The third-order valence-corrected chi connectivity index (χ3v) is 6.16. The number of ether oxygens (including phenoxy) is 1. The number of benzene rings is 4. The van der Waals surface area contributed by atoms with Crippen LogP contribution in [0.4, 0.5) is 5.69 Å². The lowest BCUT2D eigenvalue weighted by Gasteiger charge is -2.16. The summed E-state index contributed by atoms with van der Waals surface area (Å²) in [4.78, 5) is 6.72. The fourth-order valence-corrected chi connectivity index (χ4v) is 4.61. The first-order chi connectivity index (χ1) is 14.7. The predicted molar refractivity (Wildman–Crippen MR) is 127 cm³/mol. The second kappa shape index (κ2) is 7.50. The van der Waals surface area contributed by atoms with Crippen LogP contribution in [0.3, 0.4) is 0 Å². The zero-order valence-corrected chi connectivity index (χ0v) is 17.9. The van der Waals surface area contributed by atoms with Gasteiger partial charge in [0.1, 0.15) is 5.75 Å². The van der Waals surface area contributed by atoms with Crippen LogP contribution in [0, 0.1) is 0 Å². The Kier molecular flexibility index (Phi) is 4.68. The van der Waals surface area contributed by atoms with E-state index in [2.05, 4.69) is 72.5 Å². The van der Waals surface area contributed by atoms with Gasteiger partial charge in [-0.2, -0.15) is 0 Å². The minimum atomic E-state index is 0.813. The molecule has 0 atom stereocenters. The van der Waals surface area contributed by atoms with Crippen molar-refractivity contribution in [1.29, 1.82) is 0 Å². The molecule has 0 spiro atoms. The fraction of sp³-hybridized carbons (Fsp3) is 0.120. The van der Waals surface area contributed by atoms with Crippen LogP contribution in [0.5, 0.6) is 11.5 Å². The molecule has 0 radical (unpaired) electrons. The number of rotatable bonds is 5. The number of H-pyrrole nitrogens is 1. The Morgan fingerprint density at radius 2 is 1.57 bits per heavy atom. The summed E-state index contributed by atoms with van der Waals surface area (Å²) in [7, 11) is 5.81. The zero-order valence-electron chi connectivity index (χ0n) is 17.1. The summed E-state index contributed by atoms with van der Waals surface area (Å²) in [5.74, 6) is 1.65. The van der Waals surface area contributed by atoms with Crippen molar-refractivity contribution in [2.75, 3.05) is 26.1 Å². The molecule has 1 heterocycles. The maximum absolute atomic E-state index is 6.24. The van der Waals surface area contributed by atoms with Gasteiger partial charge in [0.15, 0.2) is 5.75 Å². The molecule has 0 saturated carbocycles. The Labute approximate surface area is 179 Å². The van der Waals surface area contributed by atoms with Crippen molar-refractivity contribution in [3.05, 3.63) is 72.8 Å². The molecule has 0 aliphatic heterocycles. The van der Waals surface area contributed by atoms with Crippen LogP contribution < -0.4 is 13.8 Å². The molecule has 0 aliphatic carbocycles. The lowest BCUT2D eigenvalue weighted by atomic mass is 10.1. The van der Waals surface area contributed by atoms with Crippen LogP contribution in [0.25, 0.3) is 32.6 Å². The van der Waals surface area contributed by atoms with Gasteiger partial charge in [-0.1, -0.05) is 36.4 Å². The van der Waals surface area contributed by atoms with E-state index in [4.69, 9.17) is 8.92 Å². The molecule has 4 aromatic carbocycles. The summed E-state index contributed by atoms with van der Waals surface area (Å²) >= 11 is 1.39. The molecule has 5 aromatic rings. The number of aromatic nitrogens is 1. The minimum absolute atomic E-state index is 0.813. The molecule has 0 fully saturated rings. The van der Waals surface area contributed by atoms with E-state index in [0.29, 0.717) is 0 Å². The van der Waals surface area contributed by atoms with Gasteiger partial charge in [-0.15, -0.1) is 0 Å². The van der Waals surface area contributed by atoms with Gasteiger partial charge in [0.2, 0.25) is 0 Å². The quantitative estimate of drug-likeness (QED) is 0.327. The summed E-state index contributed by atoms with van der Waals surface area (Å²) in [6.07, 6.45) is 0. The van der Waals surface area contributed by atoms with Crippen LogP contribution in [0.1, 0.15) is 0 Å². The SMILES string of the molecule is COc1ccc2c(c1)[nH]c1c(OSc3cccc4c(N(C)C)cccc34)cccc12. The standard InChI is InChI=1S/C25H22N2O2S/c1-27(2)22-10-4-8-19-18(22)7-6-12-24(19)30-29-23-11-5-9-20-17-14-13-16(28-3)15-21(17)26-25(20)23/h4-15,26H,1-3H3. The highest BCUT2D eigenvalue weighted by atomic mass is 32.2. The van der Waals surface area contributed by atoms with Crippen LogP contribution in [-0.4, -0.2) is 26.2 Å². The van der Waals surface area contributed by atoms with Crippen molar-refractivity contribution in [1.82, 2.24) is 4.98 Å². The number of hydrogen-bond acceptors (Lipinski definition) is 4. The molecule has 5 rings (SSSR count). The Morgan fingerprint density at radius 1 is 0.800 bits per heavy atom. The monoisotopic (exact) mass is 414 g/mol. The van der Waals surface area contributed by atoms with E-state index >= 15 is 0 Å². The van der Waals surface area contributed by atoms with Crippen molar-refractivity contribution >= 4 is 50.3 Å². The predicted octanol–water partition coefficient (Wildman–Crippen LogP) is 6.64. The van der Waals surface area contributed by atoms with E-state index in [9.17, 15) is 0 Å². The highest BCUT2D eigenvalue weighted by molar-refractivity contribution is 7.95. The normalized spacial score (nSPS) is 11.3. The Bertz CT molecular complexity index is 1370. The van der Waals surface area contributed by atoms with Crippen molar-refractivity contribution in [2.45, 2.75) is 4.90 Å². The van der Waals surface area contributed by atoms with Crippen molar-refractivity contribution < 1.29 is 8.92 Å². The van der Waals surface area contributed by atoms with Gasteiger partial charge < -0.3 is 18.8 Å². The Morgan fingerprint density at radius 3 is 2.40 bits per heavy atom. The summed E-state index contributed by atoms with van der Waals surface area (Å²) < 4.78 is 11.6. The second-order valence-electron chi connectivity index (χ2n) is 7.40. The van der Waals surface area contributed by atoms with Gasteiger partial charge in [0, 0.05) is 47.4 Å². The van der Waals surface area contributed by atoms with Crippen LogP contribution in [-0.2, 0) is 0 Å². The van der Waals surface area contributed by atoms with Crippen LogP contribution in [0.15, 0.2) is 77.7 Å². The molecular weight excluding hydrogens is 392 g/mol. The maximum Gasteiger partial charge on any atom is 0.161 e. The number of nitrogens with zero attached hydrogens (tertiary/aromatic N) is 1. The largest absolute Gasteiger partial charge is 0.497 e. The summed E-state index contributed by atoms with van der Waals surface area (Å²) in [5, 5.41) is 4.69. The number of aromatic amines is 1. The second-order valence-corrected chi connectivity index (χ2v) is 8.18. The highest BCUT2D eigenvalue weighted by Crippen LogP contribution is 2.38. The first-order valence-corrected chi connectivity index (χ1v) is 10.5. The molecule has 0 amide bonds. The van der Waals surface area contributed by atoms with Crippen molar-refractivity contribution in [3.8, 4) is 11.5 Å². The molecule has 5 heteroatoms. The van der Waals surface area contributed by atoms with E-state index in [1.807, 2.05) is 24.3 Å². The van der Waals surface area contributed by atoms with Gasteiger partial charge in [-0.05, 0) is 30.3 Å². The van der Waals surface area contributed by atoms with E-state index in [0.717, 1.165) is 38.2 Å². The van der Waals surface area contributed by atoms with Gasteiger partial charge in [-0.25, -0.2) is 0 Å². The van der Waals surface area contributed by atoms with Crippen molar-refractivity contribution in [3.63, 3.8) is 0 Å². The molecule has 4 nitrogen and oxygen atoms in total. The number of hydrogen-bond donors (Lipinski definition) is 1. The summed E-state index contributed by atoms with van der Waals surface area (Å²) in [6, 6.07) is 24.9. The van der Waals surface area contributed by atoms with E-state index < -0.39 is 0 Å². The topological polar surface area (TPSA) is 37.5 Å². The lowest BCUT2D eigenvalue weighted by Crippen LogP contribution is -2.08. The summed E-state index contributed by atoms with van der Waals surface area (Å²) in [6.45, 7) is 0. The molecule has 0 aliphatic rings. The first kappa shape index (κ1) is 18.7. The summed E-state index contributed by atoms with van der Waals surface area (Å²) in [5.41, 5.74) is 3.22. The van der Waals surface area contributed by atoms with E-state index in [-0.39, 0.29) is 0 Å². The fourth-order valence-electron chi connectivity index (χ4n) is 3.89. The molecule has 1 aromatic heterocycles. The van der Waals surface area contributed by atoms with Gasteiger partial charge in [0.25, 0.3) is 0 Å². The van der Waals surface area contributed by atoms with Gasteiger partial charge >= 0.3 is 0 Å². The third-order valence-electron chi connectivity index (χ3n) is 5.36. The van der Waals surface area contributed by atoms with Crippen molar-refractivity contribution in [2.24, 2.45) is 0 Å². The molecule has 150 valence electrons. The number of nitrogens with one attached hydrogen (secondary N) is 1. The molecular formula is C25H22N2O2S. The minimum Gasteiger partial charge on any atom is -0.497 e. The Balaban J connectivity index is 1.53. The lowest BCUT2D eigenvalue weighted by molar-refractivity contribution is 0.415. The average Bonchev–Trinajstić information content (AvgIpc) is 3.15. The Hall–Kier alpha value is -3.31. The van der Waals surface area contributed by atoms with Crippen LogP contribution >= 0.6 is 12.0 Å². The van der Waals surface area contributed by atoms with Gasteiger partial charge in [-0.3, -0.25) is 0 Å². The number of methoxy groups -OCH3 is 1. The highest BCUT2D eigenvalue weighted by Gasteiger charge is 2.12. The molecule has 30 heavy (non-hydrogen) atoms. The van der Waals surface area contributed by atoms with E-state index in [1.54, 1.807) is 7.11 Å². The van der Waals surface area contributed by atoms with E-state index in [1.165, 1.54) is 28.5 Å². The molecule has 0 bridgehead atoms. The zero-order chi connectivity index (χ0) is 20.7. The number of fused-ring (bicyclic) bond motifs is 4. The number of anilines is 1. The van der Waals surface area contributed by atoms with Gasteiger partial charge in [0.05, 0.1) is 35.1 Å². The average molecular weight is 415 g/mol. The maximum atomic E-state index is 6.24. The number of para-hydroxylation sites is 1. The smallest absolute Gasteiger partial charge is 0.161 e. The van der Waals surface area contributed by atoms with Crippen LogP contribution in [0.2, 0.25) is 0 Å². The molecule has 1 N–H and O–H groups in total. The third kappa shape index (κ3) is 3.12. The first-order valence-electron chi connectivity index (χ1n) is 9.78.